The summed E-state index contributed by atoms with van der Waals surface area (Å²) in [6.45, 7) is 2.48. The number of pyridine rings is 1. The first-order valence-corrected chi connectivity index (χ1v) is 9.58. The van der Waals surface area contributed by atoms with E-state index in [1.807, 2.05) is 12.1 Å². The molecule has 1 fully saturated rings. The molecule has 3 aromatic rings. The number of nitrogens with one attached hydrogen (secondary N) is 2. The average Bonchev–Trinajstić information content (AvgIpc) is 3.11. The second-order valence-corrected chi connectivity index (χ2v) is 7.46. The minimum atomic E-state index is -0.0544. The van der Waals surface area contributed by atoms with Gasteiger partial charge in [0, 0.05) is 43.3 Å². The van der Waals surface area contributed by atoms with Crippen molar-refractivity contribution >= 4 is 22.8 Å². The maximum atomic E-state index is 12.5. The summed E-state index contributed by atoms with van der Waals surface area (Å²) >= 11 is 0. The van der Waals surface area contributed by atoms with Gasteiger partial charge in [0.2, 0.25) is 0 Å². The largest absolute Gasteiger partial charge is 0.354 e. The number of aryl methyl sites for hydroxylation is 2. The molecule has 2 aliphatic rings. The Kier molecular flexibility index (Phi) is 3.99. The van der Waals surface area contributed by atoms with Crippen LogP contribution in [0.25, 0.3) is 11.0 Å². The number of carbonyl (C=O) groups excluding carboxylic acids is 1. The second kappa shape index (κ2) is 6.64. The highest BCUT2D eigenvalue weighted by atomic mass is 16.1. The summed E-state index contributed by atoms with van der Waals surface area (Å²) in [4.78, 5) is 22.0. The zero-order chi connectivity index (χ0) is 18.2. The van der Waals surface area contributed by atoms with Gasteiger partial charge in [-0.15, -0.1) is 5.10 Å². The molecular formula is C20H22N6O. The Balaban J connectivity index is 1.17. The van der Waals surface area contributed by atoms with Crippen molar-refractivity contribution in [2.45, 2.75) is 25.7 Å². The van der Waals surface area contributed by atoms with Crippen LogP contribution in [0.3, 0.4) is 0 Å². The quantitative estimate of drug-likeness (QED) is 0.742. The van der Waals surface area contributed by atoms with Crippen LogP contribution in [0.1, 0.15) is 34.5 Å². The first kappa shape index (κ1) is 16.2. The maximum absolute atomic E-state index is 12.5. The highest BCUT2D eigenvalue weighted by molar-refractivity contribution is 6.05. The van der Waals surface area contributed by atoms with E-state index >= 15 is 0 Å². The van der Waals surface area contributed by atoms with Gasteiger partial charge < -0.3 is 15.2 Å². The number of H-pyrrole nitrogens is 1. The number of hydrogen-bond acceptors (Lipinski definition) is 5. The molecule has 0 aromatic carbocycles. The van der Waals surface area contributed by atoms with Crippen LogP contribution in [-0.2, 0) is 12.8 Å². The van der Waals surface area contributed by atoms with Gasteiger partial charge in [0.15, 0.2) is 5.82 Å². The first-order valence-electron chi connectivity index (χ1n) is 9.58. The lowest BCUT2D eigenvalue weighted by atomic mass is 9.95. The number of fused-ring (bicyclic) bond motifs is 2. The third-order valence-electron chi connectivity index (χ3n) is 5.59. The molecule has 0 spiro atoms. The Hall–Kier alpha value is -2.96. The minimum Gasteiger partial charge on any atom is -0.354 e. The smallest absolute Gasteiger partial charge is 0.253 e. The molecule has 0 bridgehead atoms. The zero-order valence-electron chi connectivity index (χ0n) is 15.1. The first-order chi connectivity index (χ1) is 13.3. The van der Waals surface area contributed by atoms with Crippen molar-refractivity contribution in [3.63, 3.8) is 0 Å². The summed E-state index contributed by atoms with van der Waals surface area (Å²) in [7, 11) is 0. The molecule has 1 saturated heterocycles. The van der Waals surface area contributed by atoms with Gasteiger partial charge in [0.05, 0.1) is 11.3 Å². The monoisotopic (exact) mass is 362 g/mol. The second-order valence-electron chi connectivity index (χ2n) is 7.46. The normalized spacial score (nSPS) is 16.8. The van der Waals surface area contributed by atoms with E-state index in [9.17, 15) is 4.79 Å². The molecule has 5 rings (SSSR count). The summed E-state index contributed by atoms with van der Waals surface area (Å²) in [5.74, 6) is 1.36. The lowest BCUT2D eigenvalue weighted by Gasteiger charge is -2.40. The van der Waals surface area contributed by atoms with Crippen molar-refractivity contribution in [1.82, 2.24) is 25.5 Å². The lowest BCUT2D eigenvalue weighted by molar-refractivity contribution is 0.0946. The van der Waals surface area contributed by atoms with E-state index in [4.69, 9.17) is 0 Å². The van der Waals surface area contributed by atoms with Gasteiger partial charge >= 0.3 is 0 Å². The fraction of sp³-hybridized carbons (Fsp3) is 0.400. The number of carbonyl (C=O) groups is 1. The van der Waals surface area contributed by atoms with Crippen molar-refractivity contribution < 1.29 is 4.79 Å². The molecule has 1 amide bonds. The van der Waals surface area contributed by atoms with Crippen molar-refractivity contribution in [2.75, 3.05) is 24.5 Å². The summed E-state index contributed by atoms with van der Waals surface area (Å²) in [6, 6.07) is 5.96. The summed E-state index contributed by atoms with van der Waals surface area (Å²) in [5, 5.41) is 12.7. The van der Waals surface area contributed by atoms with E-state index in [0.717, 1.165) is 42.8 Å². The zero-order valence-corrected chi connectivity index (χ0v) is 15.1. The van der Waals surface area contributed by atoms with E-state index in [2.05, 4.69) is 36.4 Å². The van der Waals surface area contributed by atoms with Crippen molar-refractivity contribution in [2.24, 2.45) is 5.92 Å². The maximum Gasteiger partial charge on any atom is 0.253 e. The predicted molar refractivity (Wildman–Crippen MR) is 103 cm³/mol. The van der Waals surface area contributed by atoms with Crippen LogP contribution in [0.2, 0.25) is 0 Å². The highest BCUT2D eigenvalue weighted by Crippen LogP contribution is 2.26. The van der Waals surface area contributed by atoms with Crippen LogP contribution in [0.4, 0.5) is 5.82 Å². The Morgan fingerprint density at radius 1 is 1.26 bits per heavy atom. The molecule has 0 radical (unpaired) electrons. The van der Waals surface area contributed by atoms with Crippen LogP contribution in [0.15, 0.2) is 30.6 Å². The van der Waals surface area contributed by atoms with E-state index in [0.29, 0.717) is 18.0 Å². The molecule has 7 heteroatoms. The van der Waals surface area contributed by atoms with Crippen molar-refractivity contribution in [3.8, 4) is 0 Å². The van der Waals surface area contributed by atoms with E-state index in [1.54, 1.807) is 12.4 Å². The molecule has 1 aliphatic heterocycles. The number of aromatic amines is 1. The summed E-state index contributed by atoms with van der Waals surface area (Å²) in [6.07, 6.45) is 8.08. The van der Waals surface area contributed by atoms with Crippen molar-refractivity contribution in [3.05, 3.63) is 47.4 Å². The number of amides is 1. The van der Waals surface area contributed by atoms with Crippen LogP contribution in [0.5, 0.6) is 0 Å². The Labute approximate surface area is 157 Å². The minimum absolute atomic E-state index is 0.0544. The molecule has 0 unspecified atom stereocenters. The number of anilines is 1. The topological polar surface area (TPSA) is 86.8 Å². The van der Waals surface area contributed by atoms with Crippen LogP contribution < -0.4 is 10.2 Å². The van der Waals surface area contributed by atoms with E-state index < -0.39 is 0 Å². The van der Waals surface area contributed by atoms with E-state index in [-0.39, 0.29) is 5.91 Å². The molecule has 0 atom stereocenters. The van der Waals surface area contributed by atoms with Gasteiger partial charge in [-0.1, -0.05) is 0 Å². The fourth-order valence-corrected chi connectivity index (χ4v) is 4.00. The lowest BCUT2D eigenvalue weighted by Crippen LogP contribution is -2.52. The highest BCUT2D eigenvalue weighted by Gasteiger charge is 2.29. The molecule has 4 heterocycles. The van der Waals surface area contributed by atoms with Gasteiger partial charge in [0.1, 0.15) is 5.65 Å². The van der Waals surface area contributed by atoms with E-state index in [1.165, 1.54) is 24.1 Å². The van der Waals surface area contributed by atoms with Gasteiger partial charge in [-0.2, -0.15) is 5.10 Å². The molecule has 3 aromatic heterocycles. The van der Waals surface area contributed by atoms with Gasteiger partial charge in [-0.05, 0) is 49.4 Å². The predicted octanol–water partition coefficient (Wildman–Crippen LogP) is 2.10. The number of aromatic nitrogens is 4. The van der Waals surface area contributed by atoms with Gasteiger partial charge in [-0.25, -0.2) is 4.98 Å². The molecule has 138 valence electrons. The molecule has 1 aliphatic carbocycles. The SMILES string of the molecule is O=C(NCC1CN(c2cc3c(nn2)CCCC3)C1)c1c[nH]c2ncccc12. The summed E-state index contributed by atoms with van der Waals surface area (Å²) in [5.41, 5.74) is 3.91. The third kappa shape index (κ3) is 3.03. The van der Waals surface area contributed by atoms with Crippen LogP contribution >= 0.6 is 0 Å². The number of hydrogen-bond donors (Lipinski definition) is 2. The summed E-state index contributed by atoms with van der Waals surface area (Å²) < 4.78 is 0. The van der Waals surface area contributed by atoms with Crippen LogP contribution in [0, 0.1) is 5.92 Å². The number of rotatable bonds is 4. The Bertz CT molecular complexity index is 991. The molecule has 27 heavy (non-hydrogen) atoms. The molecular weight excluding hydrogens is 340 g/mol. The van der Waals surface area contributed by atoms with Crippen LogP contribution in [-0.4, -0.2) is 45.7 Å². The molecule has 2 N–H and O–H groups in total. The Morgan fingerprint density at radius 3 is 3.07 bits per heavy atom. The number of nitrogens with zero attached hydrogens (tertiary/aromatic N) is 4. The Morgan fingerprint density at radius 2 is 2.15 bits per heavy atom. The fourth-order valence-electron chi connectivity index (χ4n) is 4.00. The van der Waals surface area contributed by atoms with Crippen molar-refractivity contribution in [1.29, 1.82) is 0 Å². The van der Waals surface area contributed by atoms with Gasteiger partial charge in [0.25, 0.3) is 5.91 Å². The third-order valence-corrected chi connectivity index (χ3v) is 5.59. The van der Waals surface area contributed by atoms with Gasteiger partial charge in [-0.3, -0.25) is 4.79 Å². The molecule has 0 saturated carbocycles. The molecule has 7 nitrogen and oxygen atoms in total. The average molecular weight is 362 g/mol. The standard InChI is InChI=1S/C20H22N6O/c27-20(16-10-22-19-15(16)5-3-7-21-19)23-9-13-11-26(12-13)18-8-14-4-1-2-6-17(14)24-25-18/h3,5,7-8,10,13H,1-2,4,6,9,11-12H2,(H,21,22)(H,23,27).